The van der Waals surface area contributed by atoms with Gasteiger partial charge in [-0.05, 0) is 36.8 Å². The van der Waals surface area contributed by atoms with Crippen molar-refractivity contribution in [2.24, 2.45) is 0 Å². The van der Waals surface area contributed by atoms with Crippen LogP contribution >= 0.6 is 11.8 Å². The molecule has 0 saturated heterocycles. The Labute approximate surface area is 99.3 Å². The quantitative estimate of drug-likeness (QED) is 0.820. The SMILES string of the molecule is CC(O)c1ccc(SCc2ccco2)cc1. The summed E-state index contributed by atoms with van der Waals surface area (Å²) in [5, 5.41) is 9.37. The molecular formula is C13H14O2S. The minimum atomic E-state index is -0.399. The standard InChI is InChI=1S/C13H14O2S/c1-10(14)11-4-6-13(7-5-11)16-9-12-3-2-8-15-12/h2-8,10,14H,9H2,1H3. The maximum Gasteiger partial charge on any atom is 0.113 e. The fourth-order valence-electron chi connectivity index (χ4n) is 1.39. The van der Waals surface area contributed by atoms with Crippen LogP contribution in [0.2, 0.25) is 0 Å². The Kier molecular flexibility index (Phi) is 3.70. The zero-order chi connectivity index (χ0) is 11.4. The normalized spacial score (nSPS) is 12.6. The van der Waals surface area contributed by atoms with Gasteiger partial charge in [0.05, 0.1) is 18.1 Å². The van der Waals surface area contributed by atoms with Crippen molar-refractivity contribution in [3.8, 4) is 0 Å². The van der Waals surface area contributed by atoms with E-state index in [0.29, 0.717) is 0 Å². The van der Waals surface area contributed by atoms with Crippen molar-refractivity contribution in [3.05, 3.63) is 54.0 Å². The lowest BCUT2D eigenvalue weighted by Gasteiger charge is -2.05. The van der Waals surface area contributed by atoms with Crippen LogP contribution in [0, 0.1) is 0 Å². The summed E-state index contributed by atoms with van der Waals surface area (Å²) >= 11 is 1.72. The Morgan fingerprint density at radius 3 is 2.56 bits per heavy atom. The topological polar surface area (TPSA) is 33.4 Å². The summed E-state index contributed by atoms with van der Waals surface area (Å²) in [4.78, 5) is 1.18. The van der Waals surface area contributed by atoms with Crippen molar-refractivity contribution >= 4 is 11.8 Å². The number of benzene rings is 1. The molecule has 1 heterocycles. The number of thioether (sulfide) groups is 1. The van der Waals surface area contributed by atoms with Crippen molar-refractivity contribution < 1.29 is 9.52 Å². The Morgan fingerprint density at radius 1 is 1.25 bits per heavy atom. The minimum absolute atomic E-state index is 0.399. The van der Waals surface area contributed by atoms with Crippen LogP contribution in [-0.2, 0) is 5.75 Å². The Morgan fingerprint density at radius 2 is 2.00 bits per heavy atom. The van der Waals surface area contributed by atoms with Gasteiger partial charge in [0, 0.05) is 4.90 Å². The predicted octanol–water partition coefficient (Wildman–Crippen LogP) is 3.63. The lowest BCUT2D eigenvalue weighted by atomic mass is 10.1. The van der Waals surface area contributed by atoms with E-state index in [0.717, 1.165) is 17.1 Å². The molecule has 1 aromatic carbocycles. The van der Waals surface area contributed by atoms with Gasteiger partial charge in [0.15, 0.2) is 0 Å². The molecule has 0 spiro atoms. The summed E-state index contributed by atoms with van der Waals surface area (Å²) in [6, 6.07) is 11.8. The second-order valence-corrected chi connectivity index (χ2v) is 4.66. The molecule has 16 heavy (non-hydrogen) atoms. The third-order valence-corrected chi connectivity index (χ3v) is 3.36. The lowest BCUT2D eigenvalue weighted by Crippen LogP contribution is -1.89. The molecule has 84 valence electrons. The molecule has 2 nitrogen and oxygen atoms in total. The van der Waals surface area contributed by atoms with E-state index in [2.05, 4.69) is 0 Å². The average molecular weight is 234 g/mol. The van der Waals surface area contributed by atoms with Gasteiger partial charge in [-0.1, -0.05) is 12.1 Å². The van der Waals surface area contributed by atoms with Crippen LogP contribution in [0.5, 0.6) is 0 Å². The van der Waals surface area contributed by atoms with E-state index in [1.807, 2.05) is 36.4 Å². The highest BCUT2D eigenvalue weighted by atomic mass is 32.2. The maximum atomic E-state index is 9.37. The van der Waals surface area contributed by atoms with Crippen LogP contribution in [0.15, 0.2) is 52.0 Å². The molecule has 1 atom stereocenters. The molecule has 0 aliphatic heterocycles. The number of hydrogen-bond acceptors (Lipinski definition) is 3. The van der Waals surface area contributed by atoms with Crippen molar-refractivity contribution in [1.82, 2.24) is 0 Å². The van der Waals surface area contributed by atoms with Gasteiger partial charge in [-0.25, -0.2) is 0 Å². The fraction of sp³-hybridized carbons (Fsp3) is 0.231. The molecule has 2 rings (SSSR count). The average Bonchev–Trinajstić information content (AvgIpc) is 2.80. The van der Waals surface area contributed by atoms with Crippen molar-refractivity contribution in [1.29, 1.82) is 0 Å². The fourth-order valence-corrected chi connectivity index (χ4v) is 2.19. The highest BCUT2D eigenvalue weighted by Gasteiger charge is 2.01. The van der Waals surface area contributed by atoms with E-state index in [4.69, 9.17) is 4.42 Å². The molecule has 0 saturated carbocycles. The van der Waals surface area contributed by atoms with Gasteiger partial charge >= 0.3 is 0 Å². The Balaban J connectivity index is 1.95. The smallest absolute Gasteiger partial charge is 0.113 e. The van der Waals surface area contributed by atoms with Crippen LogP contribution in [0.1, 0.15) is 24.4 Å². The molecule has 0 aliphatic carbocycles. The summed E-state index contributed by atoms with van der Waals surface area (Å²) in [7, 11) is 0. The third kappa shape index (κ3) is 2.90. The molecule has 1 N–H and O–H groups in total. The first kappa shape index (κ1) is 11.3. The van der Waals surface area contributed by atoms with Gasteiger partial charge in [-0.15, -0.1) is 11.8 Å². The molecule has 0 fully saturated rings. The second kappa shape index (κ2) is 5.23. The molecule has 1 aromatic heterocycles. The molecule has 0 radical (unpaired) electrons. The van der Waals surface area contributed by atoms with Gasteiger partial charge in [0.1, 0.15) is 5.76 Å². The summed E-state index contributed by atoms with van der Waals surface area (Å²) in [5.41, 5.74) is 0.947. The number of furan rings is 1. The highest BCUT2D eigenvalue weighted by molar-refractivity contribution is 7.98. The van der Waals surface area contributed by atoms with Gasteiger partial charge in [-0.2, -0.15) is 0 Å². The first-order chi connectivity index (χ1) is 7.75. The van der Waals surface area contributed by atoms with Crippen LogP contribution in [0.25, 0.3) is 0 Å². The molecule has 3 heteroatoms. The first-order valence-corrected chi connectivity index (χ1v) is 6.17. The molecule has 0 bridgehead atoms. The van der Waals surface area contributed by atoms with E-state index < -0.39 is 6.10 Å². The van der Waals surface area contributed by atoms with Gasteiger partial charge in [0.25, 0.3) is 0 Å². The van der Waals surface area contributed by atoms with E-state index in [1.165, 1.54) is 4.90 Å². The largest absolute Gasteiger partial charge is 0.468 e. The van der Waals surface area contributed by atoms with Crippen molar-refractivity contribution in [2.75, 3.05) is 0 Å². The second-order valence-electron chi connectivity index (χ2n) is 3.61. The summed E-state index contributed by atoms with van der Waals surface area (Å²) in [6.45, 7) is 1.77. The number of aliphatic hydroxyl groups excluding tert-OH is 1. The van der Waals surface area contributed by atoms with E-state index in [1.54, 1.807) is 24.9 Å². The maximum absolute atomic E-state index is 9.37. The molecule has 2 aromatic rings. The first-order valence-electron chi connectivity index (χ1n) is 5.19. The van der Waals surface area contributed by atoms with E-state index in [-0.39, 0.29) is 0 Å². The zero-order valence-electron chi connectivity index (χ0n) is 9.09. The van der Waals surface area contributed by atoms with Crippen LogP contribution in [0.4, 0.5) is 0 Å². The summed E-state index contributed by atoms with van der Waals surface area (Å²) in [5.74, 6) is 1.81. The van der Waals surface area contributed by atoms with Gasteiger partial charge in [0.2, 0.25) is 0 Å². The Bertz CT molecular complexity index is 418. The van der Waals surface area contributed by atoms with Crippen molar-refractivity contribution in [2.45, 2.75) is 23.7 Å². The monoisotopic (exact) mass is 234 g/mol. The lowest BCUT2D eigenvalue weighted by molar-refractivity contribution is 0.199. The predicted molar refractivity (Wildman–Crippen MR) is 65.3 cm³/mol. The third-order valence-electron chi connectivity index (χ3n) is 2.32. The number of rotatable bonds is 4. The van der Waals surface area contributed by atoms with Crippen LogP contribution in [0.3, 0.4) is 0 Å². The Hall–Kier alpha value is -1.19. The van der Waals surface area contributed by atoms with Crippen molar-refractivity contribution in [3.63, 3.8) is 0 Å². The van der Waals surface area contributed by atoms with E-state index >= 15 is 0 Å². The molecule has 0 amide bonds. The van der Waals surface area contributed by atoms with Gasteiger partial charge in [-0.3, -0.25) is 0 Å². The zero-order valence-corrected chi connectivity index (χ0v) is 9.91. The molecule has 0 aliphatic rings. The summed E-state index contributed by atoms with van der Waals surface area (Å²) < 4.78 is 5.26. The number of hydrogen-bond donors (Lipinski definition) is 1. The molecule has 1 unspecified atom stereocenters. The minimum Gasteiger partial charge on any atom is -0.468 e. The summed E-state index contributed by atoms with van der Waals surface area (Å²) in [6.07, 6.45) is 1.29. The van der Waals surface area contributed by atoms with Crippen LogP contribution in [-0.4, -0.2) is 5.11 Å². The van der Waals surface area contributed by atoms with Gasteiger partial charge < -0.3 is 9.52 Å². The van der Waals surface area contributed by atoms with E-state index in [9.17, 15) is 5.11 Å². The van der Waals surface area contributed by atoms with Crippen LogP contribution < -0.4 is 0 Å². The number of aliphatic hydroxyl groups is 1. The highest BCUT2D eigenvalue weighted by Crippen LogP contribution is 2.24. The molecular weight excluding hydrogens is 220 g/mol.